The highest BCUT2D eigenvalue weighted by atomic mass is 35.5. The highest BCUT2D eigenvalue weighted by molar-refractivity contribution is 6.31. The molecule has 0 aliphatic carbocycles. The van der Waals surface area contributed by atoms with E-state index in [0.717, 1.165) is 43.9 Å². The first-order valence-electron chi connectivity index (χ1n) is 35.6. The average Bonchev–Trinajstić information content (AvgIpc) is 0.799. The average molecular weight is 1640 g/mol. The number of halogens is 5. The zero-order valence-corrected chi connectivity index (χ0v) is 65.8. The number of hydrogen-bond donors (Lipinski definition) is 2. The number of carboxylic acid groups (broad SMARTS) is 1. The monoisotopic (exact) mass is 1640 g/mol. The number of aromatic amines is 1. The largest absolute Gasteiger partial charge is 0.477 e. The van der Waals surface area contributed by atoms with Gasteiger partial charge < -0.3 is 37.8 Å². The molecule has 0 saturated carbocycles. The van der Waals surface area contributed by atoms with Crippen molar-refractivity contribution in [3.63, 3.8) is 0 Å². The highest BCUT2D eigenvalue weighted by Gasteiger charge is 2.23. The Labute approximate surface area is 681 Å². The fourth-order valence-electron chi connectivity index (χ4n) is 12.5. The molecule has 26 heteroatoms. The van der Waals surface area contributed by atoms with Crippen molar-refractivity contribution in [3.8, 4) is 0 Å². The van der Waals surface area contributed by atoms with Gasteiger partial charge in [0.1, 0.15) is 27.4 Å². The van der Waals surface area contributed by atoms with Gasteiger partial charge >= 0.3 is 17.9 Å². The van der Waals surface area contributed by atoms with E-state index in [2.05, 4.69) is 9.97 Å². The minimum Gasteiger partial charge on any atom is -0.477 e. The molecule has 15 aromatic rings. The molecule has 580 valence electrons. The van der Waals surface area contributed by atoms with Crippen molar-refractivity contribution in [1.29, 1.82) is 0 Å². The number of para-hydroxylation sites is 5. The van der Waals surface area contributed by atoms with Crippen molar-refractivity contribution in [1.82, 2.24) is 33.3 Å². The van der Waals surface area contributed by atoms with Gasteiger partial charge in [-0.05, 0) is 157 Å². The lowest BCUT2D eigenvalue weighted by atomic mass is 10.0. The van der Waals surface area contributed by atoms with Gasteiger partial charge in [0.25, 0.3) is 5.91 Å². The number of carbonyl (C=O) groups is 5. The van der Waals surface area contributed by atoms with Crippen LogP contribution in [-0.4, -0.2) is 95.4 Å². The number of hydroxylamine groups is 2. The predicted octanol–water partition coefficient (Wildman–Crippen LogP) is 17.3. The van der Waals surface area contributed by atoms with Crippen molar-refractivity contribution >= 4 is 142 Å². The number of ketones is 1. The smallest absolute Gasteiger partial charge is 0.343 e. The molecule has 115 heavy (non-hydrogen) atoms. The van der Waals surface area contributed by atoms with E-state index in [1.807, 2.05) is 135 Å². The number of ether oxygens (including phenoxy) is 2. The second-order valence-electron chi connectivity index (χ2n) is 25.6. The normalized spacial score (nSPS) is 10.8. The van der Waals surface area contributed by atoms with Gasteiger partial charge in [-0.3, -0.25) is 38.4 Å². The Balaban J connectivity index is 0.000000143. The number of aromatic nitrogens is 6. The van der Waals surface area contributed by atoms with Crippen molar-refractivity contribution in [2.45, 2.75) is 40.0 Å². The number of fused-ring (bicyclic) bond motifs is 5. The third-order valence-corrected chi connectivity index (χ3v) is 19.1. The summed E-state index contributed by atoms with van der Waals surface area (Å²) in [4.78, 5) is 134. The van der Waals surface area contributed by atoms with Gasteiger partial charge in [0, 0.05) is 129 Å². The van der Waals surface area contributed by atoms with Gasteiger partial charge in [0.2, 0.25) is 27.1 Å². The van der Waals surface area contributed by atoms with E-state index in [-0.39, 0.29) is 73.7 Å². The van der Waals surface area contributed by atoms with Crippen molar-refractivity contribution in [2.24, 2.45) is 0 Å². The van der Waals surface area contributed by atoms with Gasteiger partial charge in [-0.2, -0.15) is 0 Å². The zero-order valence-electron chi connectivity index (χ0n) is 62.0. The van der Waals surface area contributed by atoms with Crippen LogP contribution in [-0.2, 0) is 40.5 Å². The molecule has 0 saturated heterocycles. The number of benzene rings is 9. The molecule has 0 radical (unpaired) electrons. The summed E-state index contributed by atoms with van der Waals surface area (Å²) in [5.41, 5.74) is 6.11. The number of carboxylic acids is 1. The van der Waals surface area contributed by atoms with E-state index in [0.29, 0.717) is 89.8 Å². The number of hydrogen-bond acceptors (Lipinski definition) is 14. The SMILES string of the molecule is CCOC(=O)c1c[nH]c2ccccc2c1=O.CCOC(=O)c1cn(Cc2cccc(Cl)c2)c2ccccc2c1=O.CON(C)C(=O)c1cn(Cc2cccc(Cl)c2)c2ccccc2c1=O.O=C(O)c1cn(Cc2cccc(Cl)c2)c2ccccc2c1=O.O=C(c1ccc(Cl)nc1)c1cn(Cc2cccc(Cl)c2)c2ccccc2c1=O. The van der Waals surface area contributed by atoms with Crippen LogP contribution >= 0.6 is 58.0 Å². The van der Waals surface area contributed by atoms with Crippen molar-refractivity contribution in [3.05, 3.63) is 400 Å². The molecular formula is C89H70Cl5N7O14. The minimum absolute atomic E-state index is 0.0394. The Bertz CT molecular complexity index is 6520. The third kappa shape index (κ3) is 20.3. The molecule has 0 spiro atoms. The Morgan fingerprint density at radius 2 is 0.748 bits per heavy atom. The lowest BCUT2D eigenvalue weighted by molar-refractivity contribution is -0.0758. The molecule has 1 amide bonds. The molecule has 15 rings (SSSR count). The van der Waals surface area contributed by atoms with Gasteiger partial charge in [-0.15, -0.1) is 0 Å². The number of aromatic carboxylic acids is 1. The van der Waals surface area contributed by atoms with E-state index in [9.17, 15) is 53.1 Å². The summed E-state index contributed by atoms with van der Waals surface area (Å²) in [6, 6.07) is 68.5. The molecule has 0 aliphatic heterocycles. The lowest BCUT2D eigenvalue weighted by Crippen LogP contribution is -2.31. The number of nitrogens with one attached hydrogen (secondary N) is 1. The summed E-state index contributed by atoms with van der Waals surface area (Å²) < 4.78 is 17.2. The molecule has 6 aromatic heterocycles. The maximum absolute atomic E-state index is 13.0. The van der Waals surface area contributed by atoms with Crippen molar-refractivity contribution in [2.75, 3.05) is 27.4 Å². The molecule has 0 bridgehead atoms. The van der Waals surface area contributed by atoms with E-state index in [1.165, 1.54) is 38.8 Å². The number of carbonyl (C=O) groups excluding carboxylic acids is 4. The molecule has 6 heterocycles. The topological polar surface area (TPSA) is 270 Å². The maximum Gasteiger partial charge on any atom is 0.343 e. The van der Waals surface area contributed by atoms with Gasteiger partial charge in [-0.25, -0.2) is 24.4 Å². The van der Waals surface area contributed by atoms with Crippen LogP contribution in [0.4, 0.5) is 0 Å². The molecule has 0 aliphatic rings. The number of rotatable bonds is 17. The molecule has 9 aromatic carbocycles. The van der Waals surface area contributed by atoms with Crippen LogP contribution in [0, 0.1) is 0 Å². The van der Waals surface area contributed by atoms with E-state index in [4.69, 9.17) is 72.3 Å². The minimum atomic E-state index is -1.23. The van der Waals surface area contributed by atoms with Gasteiger partial charge in [0.05, 0.1) is 48.0 Å². The van der Waals surface area contributed by atoms with Crippen LogP contribution in [0.5, 0.6) is 0 Å². The molecule has 21 nitrogen and oxygen atoms in total. The van der Waals surface area contributed by atoms with E-state index in [1.54, 1.807) is 140 Å². The predicted molar refractivity (Wildman–Crippen MR) is 450 cm³/mol. The van der Waals surface area contributed by atoms with E-state index >= 15 is 0 Å². The van der Waals surface area contributed by atoms with Crippen molar-refractivity contribution < 1.29 is 43.4 Å². The zero-order chi connectivity index (χ0) is 82.0. The summed E-state index contributed by atoms with van der Waals surface area (Å²) in [6.45, 7) is 5.77. The van der Waals surface area contributed by atoms with Gasteiger partial charge in [0.15, 0.2) is 5.78 Å². The molecule has 0 fully saturated rings. The number of nitrogens with zero attached hydrogens (tertiary/aromatic N) is 6. The van der Waals surface area contributed by atoms with Crippen LogP contribution in [0.3, 0.4) is 0 Å². The Kier molecular flexibility index (Phi) is 27.9. The maximum atomic E-state index is 13.0. The molecule has 2 N–H and O–H groups in total. The number of H-pyrrole nitrogens is 1. The molecule has 0 atom stereocenters. The lowest BCUT2D eigenvalue weighted by Gasteiger charge is -2.17. The van der Waals surface area contributed by atoms with Crippen LogP contribution in [0.1, 0.15) is 93.5 Å². The van der Waals surface area contributed by atoms with Gasteiger partial charge in [-0.1, -0.05) is 167 Å². The van der Waals surface area contributed by atoms with Crippen LogP contribution in [0.25, 0.3) is 54.5 Å². The first kappa shape index (κ1) is 83.1. The highest BCUT2D eigenvalue weighted by Crippen LogP contribution is 2.24. The summed E-state index contributed by atoms with van der Waals surface area (Å²) in [5, 5.41) is 15.4. The van der Waals surface area contributed by atoms with E-state index < -0.39 is 29.2 Å². The second-order valence-corrected chi connectivity index (χ2v) is 27.7. The number of amides is 1. The second kappa shape index (κ2) is 38.6. The van der Waals surface area contributed by atoms with Crippen LogP contribution in [0.2, 0.25) is 25.2 Å². The Hall–Kier alpha value is -12.9. The summed E-state index contributed by atoms with van der Waals surface area (Å²) >= 11 is 30.0. The summed E-state index contributed by atoms with van der Waals surface area (Å²) in [5.74, 6) is -3.30. The van der Waals surface area contributed by atoms with Crippen LogP contribution in [0.15, 0.2) is 292 Å². The standard InChI is InChI=1S/C22H14Cl2N2O2.C19H17ClN2O3.C19H16ClNO3.C17H12ClNO3.C12H11NO3/c23-16-5-3-4-14(10-16)12-26-13-18(21(27)15-8-9-20(24)25-11-15)22(28)17-6-1-2-7-19(17)26;1-21(25-2)19(24)16-12-22(11-13-6-5-7-14(20)10-13)17-9-4-3-8-15(17)18(16)23;1-2-24-19(23)16-12-21(11-13-6-5-7-14(20)10-13)17-9-4-3-8-15(17)18(16)22;18-12-5-3-4-11(8-12)9-19-10-14(17(21)22)16(20)13-6-1-2-7-15(13)19;1-2-16-12(15)9-7-13-10-6-4-3-5-8(10)11(9)14/h1-11,13H,12H2;3-10,12H,11H2,1-2H3;3-10,12H,2,11H2,1H3;1-8,10H,9H2,(H,21,22);3-7H,2H2,1H3,(H,13,14). The first-order chi connectivity index (χ1) is 55.4. The summed E-state index contributed by atoms with van der Waals surface area (Å²) in [7, 11) is 2.85. The summed E-state index contributed by atoms with van der Waals surface area (Å²) in [6.07, 6.45) is 8.88. The third-order valence-electron chi connectivity index (χ3n) is 18.0. The van der Waals surface area contributed by atoms with Crippen LogP contribution < -0.4 is 27.1 Å². The quantitative estimate of drug-likeness (QED) is 0.0371. The Morgan fingerprint density at radius 1 is 0.409 bits per heavy atom. The molecular weight excluding hydrogens is 1570 g/mol. The number of esters is 2. The Morgan fingerprint density at radius 3 is 1.13 bits per heavy atom. The fourth-order valence-corrected chi connectivity index (χ4v) is 13.5. The first-order valence-corrected chi connectivity index (χ1v) is 37.5. The fraction of sp³-hybridized carbons (Fsp3) is 0.112. The molecule has 0 unspecified atom stereocenters. The number of pyridine rings is 6.